The monoisotopic (exact) mass is 390 g/mol. The summed E-state index contributed by atoms with van der Waals surface area (Å²) >= 11 is 5.03. The minimum atomic E-state index is -5.10. The fourth-order valence-corrected chi connectivity index (χ4v) is 1.76. The van der Waals surface area contributed by atoms with E-state index in [9.17, 15) is 35.9 Å². The number of hydrogen-bond acceptors (Lipinski definition) is 4. The van der Waals surface area contributed by atoms with Crippen molar-refractivity contribution in [3.05, 3.63) is 41.0 Å². The number of carbonyl (C=O) groups excluding carboxylic acids is 2. The molecular formula is C14H9ClF6O4. The summed E-state index contributed by atoms with van der Waals surface area (Å²) in [6, 6.07) is 0.478. The highest BCUT2D eigenvalue weighted by Gasteiger charge is 2.37. The van der Waals surface area contributed by atoms with Crippen LogP contribution in [0.3, 0.4) is 0 Å². The highest BCUT2D eigenvalue weighted by atomic mass is 35.5. The van der Waals surface area contributed by atoms with Crippen molar-refractivity contribution in [2.24, 2.45) is 0 Å². The lowest BCUT2D eigenvalue weighted by Crippen LogP contribution is -2.16. The maximum Gasteiger partial charge on any atom is 0.416 e. The van der Waals surface area contributed by atoms with Gasteiger partial charge in [-0.2, -0.15) is 26.3 Å². The van der Waals surface area contributed by atoms with Gasteiger partial charge in [-0.05, 0) is 25.1 Å². The number of ether oxygens (including phenoxy) is 1. The first-order valence-electron chi connectivity index (χ1n) is 6.41. The second kappa shape index (κ2) is 7.77. The predicted molar refractivity (Wildman–Crippen MR) is 73.0 cm³/mol. The van der Waals surface area contributed by atoms with Crippen molar-refractivity contribution in [1.82, 2.24) is 0 Å². The standard InChI is InChI=1S/C14H9ClF6O4/c1-2-24-12(23)10(22)6-11(25-15)7-3-8(13(16,17)18)5-9(4-7)14(19,20)21/h3-6H,2H2,1H3/b11-6-. The van der Waals surface area contributed by atoms with Crippen LogP contribution in [0.2, 0.25) is 0 Å². The first kappa shape index (κ1) is 20.8. The molecule has 0 aliphatic carbocycles. The Labute approximate surface area is 142 Å². The first-order chi connectivity index (χ1) is 11.4. The second-order valence-corrected chi connectivity index (χ2v) is 4.62. The number of benzene rings is 1. The highest BCUT2D eigenvalue weighted by Crippen LogP contribution is 2.37. The van der Waals surface area contributed by atoms with Gasteiger partial charge in [0.05, 0.1) is 17.7 Å². The van der Waals surface area contributed by atoms with E-state index in [-0.39, 0.29) is 12.7 Å². The fourth-order valence-electron chi connectivity index (χ4n) is 1.63. The molecule has 0 saturated heterocycles. The topological polar surface area (TPSA) is 52.6 Å². The van der Waals surface area contributed by atoms with Gasteiger partial charge in [0.15, 0.2) is 5.76 Å². The van der Waals surface area contributed by atoms with Crippen molar-refractivity contribution in [3.8, 4) is 0 Å². The quantitative estimate of drug-likeness (QED) is 0.246. The van der Waals surface area contributed by atoms with Crippen LogP contribution >= 0.6 is 11.9 Å². The molecule has 0 atom stereocenters. The largest absolute Gasteiger partial charge is 0.460 e. The molecule has 0 radical (unpaired) electrons. The number of alkyl halides is 6. The van der Waals surface area contributed by atoms with Gasteiger partial charge in [-0.25, -0.2) is 4.79 Å². The molecule has 0 heterocycles. The lowest BCUT2D eigenvalue weighted by atomic mass is 10.0. The van der Waals surface area contributed by atoms with Gasteiger partial charge in [0, 0.05) is 11.6 Å². The Morgan fingerprint density at radius 2 is 1.52 bits per heavy atom. The van der Waals surface area contributed by atoms with Gasteiger partial charge in [-0.3, -0.25) is 4.79 Å². The molecule has 0 N–H and O–H groups in total. The Kier molecular flexibility index (Phi) is 6.47. The minimum Gasteiger partial charge on any atom is -0.460 e. The van der Waals surface area contributed by atoms with Gasteiger partial charge < -0.3 is 9.03 Å². The molecule has 0 saturated carbocycles. The van der Waals surface area contributed by atoms with Gasteiger partial charge in [0.25, 0.3) is 5.78 Å². The zero-order chi connectivity index (χ0) is 19.4. The third-order valence-electron chi connectivity index (χ3n) is 2.69. The number of halogens is 7. The maximum absolute atomic E-state index is 12.8. The Morgan fingerprint density at radius 1 is 1.04 bits per heavy atom. The van der Waals surface area contributed by atoms with Gasteiger partial charge in [0.1, 0.15) is 11.9 Å². The molecule has 1 aromatic rings. The fraction of sp³-hybridized carbons (Fsp3) is 0.286. The summed E-state index contributed by atoms with van der Waals surface area (Å²) < 4.78 is 85.2. The van der Waals surface area contributed by atoms with E-state index in [1.54, 1.807) is 0 Å². The van der Waals surface area contributed by atoms with Crippen LogP contribution in [-0.4, -0.2) is 18.4 Å². The Morgan fingerprint density at radius 3 is 1.88 bits per heavy atom. The summed E-state index contributed by atoms with van der Waals surface area (Å²) in [5, 5.41) is 0. The third-order valence-corrected chi connectivity index (χ3v) is 2.86. The summed E-state index contributed by atoms with van der Waals surface area (Å²) in [6.07, 6.45) is -9.86. The Bertz CT molecular complexity index is 661. The van der Waals surface area contributed by atoms with Crippen molar-refractivity contribution >= 4 is 29.4 Å². The van der Waals surface area contributed by atoms with Crippen LogP contribution in [0.15, 0.2) is 24.3 Å². The van der Waals surface area contributed by atoms with Crippen molar-refractivity contribution in [2.75, 3.05) is 6.61 Å². The summed E-state index contributed by atoms with van der Waals surface area (Å²) in [4.78, 5) is 22.7. The SMILES string of the molecule is CCOC(=O)C(=O)/C=C(\OCl)c1cc(C(F)(F)F)cc(C(F)(F)F)c1. The third kappa shape index (κ3) is 5.66. The smallest absolute Gasteiger partial charge is 0.416 e. The lowest BCUT2D eigenvalue weighted by Gasteiger charge is -2.14. The van der Waals surface area contributed by atoms with Crippen LogP contribution in [0.1, 0.15) is 23.6 Å². The van der Waals surface area contributed by atoms with E-state index in [0.29, 0.717) is 18.2 Å². The average Bonchev–Trinajstić information content (AvgIpc) is 2.50. The number of rotatable bonds is 5. The molecule has 0 aliphatic rings. The summed E-state index contributed by atoms with van der Waals surface area (Å²) in [5.41, 5.74) is -4.07. The zero-order valence-electron chi connectivity index (χ0n) is 12.3. The van der Waals surface area contributed by atoms with E-state index in [2.05, 4.69) is 9.03 Å². The molecule has 0 fully saturated rings. The Balaban J connectivity index is 3.46. The van der Waals surface area contributed by atoms with Gasteiger partial charge in [-0.15, -0.1) is 0 Å². The summed E-state index contributed by atoms with van der Waals surface area (Å²) in [7, 11) is 0. The van der Waals surface area contributed by atoms with E-state index in [1.165, 1.54) is 6.92 Å². The summed E-state index contributed by atoms with van der Waals surface area (Å²) in [5.74, 6) is -3.63. The van der Waals surface area contributed by atoms with Crippen molar-refractivity contribution in [3.63, 3.8) is 0 Å². The molecule has 0 bridgehead atoms. The zero-order valence-corrected chi connectivity index (χ0v) is 13.1. The van der Waals surface area contributed by atoms with Crippen molar-refractivity contribution in [2.45, 2.75) is 19.3 Å². The first-order valence-corrected chi connectivity index (χ1v) is 6.72. The van der Waals surface area contributed by atoms with E-state index < -0.39 is 46.6 Å². The van der Waals surface area contributed by atoms with Gasteiger partial charge in [0.2, 0.25) is 0 Å². The van der Waals surface area contributed by atoms with Crippen molar-refractivity contribution < 1.29 is 45.0 Å². The van der Waals surface area contributed by atoms with Gasteiger partial charge >= 0.3 is 18.3 Å². The molecule has 1 rings (SSSR count). The molecule has 25 heavy (non-hydrogen) atoms. The molecule has 0 amide bonds. The molecule has 4 nitrogen and oxygen atoms in total. The van der Waals surface area contributed by atoms with E-state index in [0.717, 1.165) is 0 Å². The number of hydrogen-bond donors (Lipinski definition) is 0. The van der Waals surface area contributed by atoms with Crippen LogP contribution in [0.25, 0.3) is 5.76 Å². The van der Waals surface area contributed by atoms with Gasteiger partial charge in [-0.1, -0.05) is 0 Å². The number of esters is 1. The molecular weight excluding hydrogens is 382 g/mol. The van der Waals surface area contributed by atoms with Crippen LogP contribution in [0.4, 0.5) is 26.3 Å². The molecule has 1 aromatic carbocycles. The molecule has 138 valence electrons. The Hall–Kier alpha value is -2.23. The molecule has 0 spiro atoms. The minimum absolute atomic E-state index is 0.109. The van der Waals surface area contributed by atoms with Crippen LogP contribution in [0, 0.1) is 0 Å². The second-order valence-electron chi connectivity index (χ2n) is 4.47. The number of carbonyl (C=O) groups is 2. The van der Waals surface area contributed by atoms with Crippen LogP contribution < -0.4 is 0 Å². The molecule has 0 aliphatic heterocycles. The summed E-state index contributed by atoms with van der Waals surface area (Å²) in [6.45, 7) is 1.22. The van der Waals surface area contributed by atoms with Crippen molar-refractivity contribution in [1.29, 1.82) is 0 Å². The number of ketones is 1. The highest BCUT2D eigenvalue weighted by molar-refractivity contribution is 6.39. The predicted octanol–water partition coefficient (Wildman–Crippen LogP) is 4.37. The average molecular weight is 391 g/mol. The molecule has 0 unspecified atom stereocenters. The van der Waals surface area contributed by atoms with E-state index >= 15 is 0 Å². The van der Waals surface area contributed by atoms with Crippen LogP contribution in [0.5, 0.6) is 0 Å². The maximum atomic E-state index is 12.8. The van der Waals surface area contributed by atoms with E-state index in [1.807, 2.05) is 0 Å². The van der Waals surface area contributed by atoms with E-state index in [4.69, 9.17) is 11.9 Å². The normalized spacial score (nSPS) is 12.7. The van der Waals surface area contributed by atoms with Crippen LogP contribution in [-0.2, 0) is 31.0 Å². The molecule has 0 aromatic heterocycles. The molecule has 11 heteroatoms. The lowest BCUT2D eigenvalue weighted by molar-refractivity contribution is -0.151.